The first-order chi connectivity index (χ1) is 11.3. The van der Waals surface area contributed by atoms with E-state index in [4.69, 9.17) is 0 Å². The van der Waals surface area contributed by atoms with Gasteiger partial charge in [-0.2, -0.15) is 0 Å². The maximum absolute atomic E-state index is 2.75. The molecule has 0 N–H and O–H groups in total. The van der Waals surface area contributed by atoms with E-state index in [0.717, 1.165) is 17.8 Å². The second-order valence-corrected chi connectivity index (χ2v) is 9.26. The summed E-state index contributed by atoms with van der Waals surface area (Å²) < 4.78 is 0. The Balaban J connectivity index is 1.89. The molecule has 0 radical (unpaired) electrons. The average Bonchev–Trinajstić information content (AvgIpc) is 2.53. The van der Waals surface area contributed by atoms with Crippen LogP contribution in [0.15, 0.2) is 24.3 Å². The molecule has 3 unspecified atom stereocenters. The summed E-state index contributed by atoms with van der Waals surface area (Å²) in [6.07, 6.45) is 5.34. The molecule has 1 aliphatic rings. The van der Waals surface area contributed by atoms with Crippen LogP contribution in [0.2, 0.25) is 0 Å². The van der Waals surface area contributed by atoms with Gasteiger partial charge >= 0.3 is 0 Å². The van der Waals surface area contributed by atoms with Gasteiger partial charge in [0.2, 0.25) is 0 Å². The molecule has 1 saturated heterocycles. The molecule has 0 saturated carbocycles. The lowest BCUT2D eigenvalue weighted by Gasteiger charge is -2.38. The summed E-state index contributed by atoms with van der Waals surface area (Å²) in [6.45, 7) is 17.9. The van der Waals surface area contributed by atoms with Gasteiger partial charge < -0.3 is 4.90 Å². The van der Waals surface area contributed by atoms with Crippen LogP contribution in [0.5, 0.6) is 0 Å². The van der Waals surface area contributed by atoms with Crippen LogP contribution < -0.4 is 0 Å². The number of benzene rings is 1. The molecule has 3 atom stereocenters. The highest BCUT2D eigenvalue weighted by Gasteiger charge is 2.26. The monoisotopic (exact) mass is 329 g/mol. The van der Waals surface area contributed by atoms with E-state index < -0.39 is 0 Å². The van der Waals surface area contributed by atoms with Crippen molar-refractivity contribution in [2.24, 2.45) is 17.8 Å². The summed E-state index contributed by atoms with van der Waals surface area (Å²) in [5, 5.41) is 0. The standard InChI is InChI=1S/C23H39N/c1-7-19-14-20(8-2)17-24(16-19)15-18(3)13-21-9-11-22(12-10-21)23(4,5)6/h9-12,18-20H,7-8,13-17H2,1-6H3. The van der Waals surface area contributed by atoms with Crippen molar-refractivity contribution in [2.75, 3.05) is 19.6 Å². The highest BCUT2D eigenvalue weighted by atomic mass is 15.1. The molecule has 0 spiro atoms. The normalized spacial score (nSPS) is 24.1. The van der Waals surface area contributed by atoms with E-state index in [-0.39, 0.29) is 5.41 Å². The summed E-state index contributed by atoms with van der Waals surface area (Å²) in [5.74, 6) is 2.57. The molecule has 0 bridgehead atoms. The largest absolute Gasteiger partial charge is 0.303 e. The molecule has 24 heavy (non-hydrogen) atoms. The van der Waals surface area contributed by atoms with Crippen LogP contribution >= 0.6 is 0 Å². The van der Waals surface area contributed by atoms with Gasteiger partial charge in [0.1, 0.15) is 0 Å². The SMILES string of the molecule is CCC1CC(CC)CN(CC(C)Cc2ccc(C(C)(C)C)cc2)C1. The van der Waals surface area contributed by atoms with E-state index >= 15 is 0 Å². The number of hydrogen-bond donors (Lipinski definition) is 0. The fourth-order valence-corrected chi connectivity index (χ4v) is 4.21. The molecule has 1 nitrogen and oxygen atoms in total. The molecule has 1 fully saturated rings. The van der Waals surface area contributed by atoms with Gasteiger partial charge in [-0.15, -0.1) is 0 Å². The molecular formula is C23H39N. The Bertz CT molecular complexity index is 470. The predicted octanol–water partition coefficient (Wildman–Crippen LogP) is 5.92. The van der Waals surface area contributed by atoms with E-state index in [2.05, 4.69) is 70.7 Å². The molecule has 1 aliphatic heterocycles. The van der Waals surface area contributed by atoms with Crippen molar-refractivity contribution in [3.05, 3.63) is 35.4 Å². The topological polar surface area (TPSA) is 3.24 Å². The van der Waals surface area contributed by atoms with Crippen molar-refractivity contribution in [3.63, 3.8) is 0 Å². The van der Waals surface area contributed by atoms with E-state index in [1.807, 2.05) is 0 Å². The van der Waals surface area contributed by atoms with Gasteiger partial charge in [0, 0.05) is 19.6 Å². The molecular weight excluding hydrogens is 290 g/mol. The van der Waals surface area contributed by atoms with Crippen LogP contribution in [0.3, 0.4) is 0 Å². The third kappa shape index (κ3) is 5.62. The first-order valence-corrected chi connectivity index (χ1v) is 10.1. The van der Waals surface area contributed by atoms with E-state index in [9.17, 15) is 0 Å². The summed E-state index contributed by atoms with van der Waals surface area (Å²) in [4.78, 5) is 2.75. The predicted molar refractivity (Wildman–Crippen MR) is 107 cm³/mol. The second-order valence-electron chi connectivity index (χ2n) is 9.26. The zero-order chi connectivity index (χ0) is 17.7. The number of likely N-dealkylation sites (tertiary alicyclic amines) is 1. The van der Waals surface area contributed by atoms with Gasteiger partial charge in [-0.1, -0.05) is 78.6 Å². The van der Waals surface area contributed by atoms with Crippen molar-refractivity contribution in [1.82, 2.24) is 4.90 Å². The Morgan fingerprint density at radius 1 is 1.00 bits per heavy atom. The average molecular weight is 330 g/mol. The number of nitrogens with zero attached hydrogens (tertiary/aromatic N) is 1. The van der Waals surface area contributed by atoms with Gasteiger partial charge in [-0.05, 0) is 47.1 Å². The van der Waals surface area contributed by atoms with Gasteiger partial charge in [0.25, 0.3) is 0 Å². The first-order valence-electron chi connectivity index (χ1n) is 10.1. The lowest BCUT2D eigenvalue weighted by molar-refractivity contribution is 0.106. The third-order valence-corrected chi connectivity index (χ3v) is 5.83. The quantitative estimate of drug-likeness (QED) is 0.626. The molecule has 136 valence electrons. The summed E-state index contributed by atoms with van der Waals surface area (Å²) >= 11 is 0. The maximum atomic E-state index is 2.75. The zero-order valence-electron chi connectivity index (χ0n) is 16.9. The third-order valence-electron chi connectivity index (χ3n) is 5.83. The second kappa shape index (κ2) is 8.52. The Morgan fingerprint density at radius 2 is 1.54 bits per heavy atom. The highest BCUT2D eigenvalue weighted by Crippen LogP contribution is 2.27. The Morgan fingerprint density at radius 3 is 2.00 bits per heavy atom. The van der Waals surface area contributed by atoms with Crippen molar-refractivity contribution >= 4 is 0 Å². The molecule has 0 aromatic heterocycles. The van der Waals surface area contributed by atoms with Crippen LogP contribution in [0.25, 0.3) is 0 Å². The zero-order valence-corrected chi connectivity index (χ0v) is 16.9. The Labute approximate surface area is 150 Å². The minimum atomic E-state index is 0.252. The van der Waals surface area contributed by atoms with E-state index in [1.54, 1.807) is 0 Å². The number of rotatable bonds is 6. The summed E-state index contributed by atoms with van der Waals surface area (Å²) in [5.41, 5.74) is 3.18. The van der Waals surface area contributed by atoms with Crippen molar-refractivity contribution in [3.8, 4) is 0 Å². The van der Waals surface area contributed by atoms with Crippen LogP contribution in [0, 0.1) is 17.8 Å². The molecule has 0 amide bonds. The molecule has 1 aromatic carbocycles. The molecule has 1 heterocycles. The van der Waals surface area contributed by atoms with Gasteiger partial charge in [0.05, 0.1) is 0 Å². The van der Waals surface area contributed by atoms with Crippen molar-refractivity contribution in [2.45, 2.75) is 72.6 Å². The van der Waals surface area contributed by atoms with Gasteiger partial charge in [-0.3, -0.25) is 0 Å². The smallest absolute Gasteiger partial charge is 0.00104 e. The molecule has 2 rings (SSSR count). The summed E-state index contributed by atoms with van der Waals surface area (Å²) in [7, 11) is 0. The Hall–Kier alpha value is -0.820. The van der Waals surface area contributed by atoms with Crippen molar-refractivity contribution in [1.29, 1.82) is 0 Å². The van der Waals surface area contributed by atoms with Crippen molar-refractivity contribution < 1.29 is 0 Å². The van der Waals surface area contributed by atoms with Crippen LogP contribution in [-0.2, 0) is 11.8 Å². The van der Waals surface area contributed by atoms with E-state index in [0.29, 0.717) is 0 Å². The van der Waals surface area contributed by atoms with Crippen LogP contribution in [0.4, 0.5) is 0 Å². The fraction of sp³-hybridized carbons (Fsp3) is 0.739. The van der Waals surface area contributed by atoms with Crippen LogP contribution in [-0.4, -0.2) is 24.5 Å². The highest BCUT2D eigenvalue weighted by molar-refractivity contribution is 5.27. The first kappa shape index (κ1) is 19.5. The van der Waals surface area contributed by atoms with Gasteiger partial charge in [-0.25, -0.2) is 0 Å². The Kier molecular flexibility index (Phi) is 6.92. The van der Waals surface area contributed by atoms with E-state index in [1.165, 1.54) is 56.4 Å². The molecule has 1 aromatic rings. The number of piperidine rings is 1. The lowest BCUT2D eigenvalue weighted by Crippen LogP contribution is -2.42. The molecule has 0 aliphatic carbocycles. The fourth-order valence-electron chi connectivity index (χ4n) is 4.21. The minimum Gasteiger partial charge on any atom is -0.303 e. The maximum Gasteiger partial charge on any atom is 0.00104 e. The number of hydrogen-bond acceptors (Lipinski definition) is 1. The minimum absolute atomic E-state index is 0.252. The summed E-state index contributed by atoms with van der Waals surface area (Å²) in [6, 6.07) is 9.33. The van der Waals surface area contributed by atoms with Crippen LogP contribution in [0.1, 0.15) is 71.9 Å². The molecule has 1 heteroatoms. The lowest BCUT2D eigenvalue weighted by atomic mass is 9.85. The van der Waals surface area contributed by atoms with Gasteiger partial charge in [0.15, 0.2) is 0 Å².